The first kappa shape index (κ1) is 37.3. The van der Waals surface area contributed by atoms with Crippen molar-refractivity contribution in [1.82, 2.24) is 0 Å². The molecule has 0 nitrogen and oxygen atoms in total. The van der Waals surface area contributed by atoms with Crippen LogP contribution < -0.4 is 18.9 Å². The summed E-state index contributed by atoms with van der Waals surface area (Å²) >= 11 is 0. The second-order valence-corrected chi connectivity index (χ2v) is 0. The molecule has 0 spiro atoms. The molecule has 0 aliphatic heterocycles. The summed E-state index contributed by atoms with van der Waals surface area (Å²) < 4.78 is 0. The Balaban J connectivity index is 0. The van der Waals surface area contributed by atoms with E-state index in [1.165, 1.54) is 0 Å². The molecule has 4 heavy (non-hydrogen) atoms. The van der Waals surface area contributed by atoms with Crippen molar-refractivity contribution in [1.29, 1.82) is 0 Å². The number of hydrogen-bond donors (Lipinski definition) is 0. The molecule has 0 aromatic heterocycles. The maximum atomic E-state index is 0. The minimum Gasteiger partial charge on any atom is -2.00 e. The first-order valence-electron chi connectivity index (χ1n) is 0. The van der Waals surface area contributed by atoms with Gasteiger partial charge in [0.2, 0.25) is 0 Å². The van der Waals surface area contributed by atoms with Crippen LogP contribution in [-0.2, 0) is 48.7 Å². The van der Waals surface area contributed by atoms with Crippen LogP contribution in [0.3, 0.4) is 0 Å². The molecule has 0 atom stereocenters. The molecule has 0 radical (unpaired) electrons. The molecule has 4 heteroatoms. The van der Waals surface area contributed by atoms with E-state index in [1.807, 2.05) is 0 Å². The van der Waals surface area contributed by atoms with E-state index in [0.717, 1.165) is 0 Å². The Bertz CT molecular complexity index is 6.00. The largest absolute Gasteiger partial charge is 4.00 e. The molecule has 0 N–H and O–H groups in total. The van der Waals surface area contributed by atoms with E-state index >= 15 is 0 Å². The number of hydrogen-bond acceptors (Lipinski definition) is 0. The van der Waals surface area contributed by atoms with E-state index in [-0.39, 0.29) is 67.6 Å². The topological polar surface area (TPSA) is 0 Å². The van der Waals surface area contributed by atoms with Gasteiger partial charge in [0, 0.05) is 0 Å². The van der Waals surface area contributed by atoms with Crippen molar-refractivity contribution >= 4 is 27.0 Å². The van der Waals surface area contributed by atoms with Crippen LogP contribution in [0.25, 0.3) is 0 Å². The SMILES string of the molecule is [Li+].[S-2].[S-2].[Ti+4]. The third kappa shape index (κ3) is 8.99. The Morgan fingerprint density at radius 2 is 0.750 bits per heavy atom. The van der Waals surface area contributed by atoms with E-state index in [2.05, 4.69) is 0 Å². The summed E-state index contributed by atoms with van der Waals surface area (Å²) in [5.74, 6) is 0. The molecular weight excluding hydrogens is 119 g/mol. The van der Waals surface area contributed by atoms with Crippen LogP contribution in [-0.4, -0.2) is 0 Å². The van der Waals surface area contributed by atoms with Crippen molar-refractivity contribution in [2.24, 2.45) is 0 Å². The summed E-state index contributed by atoms with van der Waals surface area (Å²) in [7, 11) is 0. The van der Waals surface area contributed by atoms with Gasteiger partial charge in [-0.1, -0.05) is 0 Å². The van der Waals surface area contributed by atoms with Gasteiger partial charge in [-0.2, -0.15) is 0 Å². The summed E-state index contributed by atoms with van der Waals surface area (Å²) in [4.78, 5) is 0. The summed E-state index contributed by atoms with van der Waals surface area (Å²) in [5, 5.41) is 0. The standard InChI is InChI=1S/Li.2S.Ti/q+1;2*-2;+4. The van der Waals surface area contributed by atoms with Crippen LogP contribution in [0.2, 0.25) is 0 Å². The summed E-state index contributed by atoms with van der Waals surface area (Å²) in [6, 6.07) is 0. The molecule has 0 unspecified atom stereocenters. The van der Waals surface area contributed by atoms with Crippen molar-refractivity contribution < 1.29 is 40.6 Å². The second kappa shape index (κ2) is 19.9. The van der Waals surface area contributed by atoms with Crippen LogP contribution >= 0.6 is 0 Å². The third-order valence-electron chi connectivity index (χ3n) is 0. The third-order valence-corrected chi connectivity index (χ3v) is 0. The Kier molecular flexibility index (Phi) is 186. The fourth-order valence-electron chi connectivity index (χ4n) is 0. The molecule has 0 saturated carbocycles. The zero-order valence-corrected chi connectivity index (χ0v) is 5.51. The van der Waals surface area contributed by atoms with E-state index in [9.17, 15) is 0 Å². The van der Waals surface area contributed by atoms with Crippen LogP contribution in [0.4, 0.5) is 0 Å². The van der Waals surface area contributed by atoms with Gasteiger partial charge >= 0.3 is 40.6 Å². The van der Waals surface area contributed by atoms with Crippen molar-refractivity contribution in [3.63, 3.8) is 0 Å². The Labute approximate surface area is 67.1 Å². The maximum Gasteiger partial charge on any atom is 4.00 e. The summed E-state index contributed by atoms with van der Waals surface area (Å²) in [6.07, 6.45) is 0. The average molecular weight is 119 g/mol. The summed E-state index contributed by atoms with van der Waals surface area (Å²) in [6.45, 7) is 0. The van der Waals surface area contributed by atoms with E-state index in [1.54, 1.807) is 0 Å². The van der Waals surface area contributed by atoms with Gasteiger partial charge in [0.15, 0.2) is 0 Å². The quantitative estimate of drug-likeness (QED) is 0.298. The van der Waals surface area contributed by atoms with Crippen molar-refractivity contribution in [3.8, 4) is 0 Å². The van der Waals surface area contributed by atoms with E-state index < -0.39 is 0 Å². The Morgan fingerprint density at radius 1 is 0.750 bits per heavy atom. The molecule has 0 amide bonds. The van der Waals surface area contributed by atoms with Gasteiger partial charge in [-0.3, -0.25) is 0 Å². The second-order valence-electron chi connectivity index (χ2n) is 0. The van der Waals surface area contributed by atoms with Crippen molar-refractivity contribution in [2.75, 3.05) is 0 Å². The predicted octanol–water partition coefficient (Wildman–Crippen LogP) is -3.00. The van der Waals surface area contributed by atoms with Crippen molar-refractivity contribution in [3.05, 3.63) is 0 Å². The fourth-order valence-corrected chi connectivity index (χ4v) is 0. The number of rotatable bonds is 0. The molecule has 0 rings (SSSR count). The van der Waals surface area contributed by atoms with Crippen LogP contribution in [0, 0.1) is 0 Å². The minimum atomic E-state index is 0. The first-order chi connectivity index (χ1) is 0. The fraction of sp³-hybridized carbons (Fsp3) is 0. The smallest absolute Gasteiger partial charge is 2.00 e. The van der Waals surface area contributed by atoms with Crippen LogP contribution in [0.5, 0.6) is 0 Å². The monoisotopic (exact) mass is 119 g/mol. The maximum absolute atomic E-state index is 0. The van der Waals surface area contributed by atoms with Gasteiger partial charge in [0.05, 0.1) is 0 Å². The Hall–Kier alpha value is 2.01. The zero-order valence-electron chi connectivity index (χ0n) is 2.32. The van der Waals surface area contributed by atoms with E-state index in [4.69, 9.17) is 0 Å². The van der Waals surface area contributed by atoms with Gasteiger partial charge in [0.1, 0.15) is 0 Å². The van der Waals surface area contributed by atoms with Crippen LogP contribution in [0.1, 0.15) is 0 Å². The normalized spacial score (nSPS) is 0. The molecule has 0 aromatic carbocycles. The van der Waals surface area contributed by atoms with Crippen LogP contribution in [0.15, 0.2) is 0 Å². The average Bonchev–Trinajstić information content (AvgIpc) is 0. The molecule has 16 valence electrons. The molecule has 0 aliphatic rings. The van der Waals surface area contributed by atoms with Gasteiger partial charge < -0.3 is 27.0 Å². The molecule has 0 aliphatic carbocycles. The zero-order chi connectivity index (χ0) is 0. The first-order valence-corrected chi connectivity index (χ1v) is 0. The Morgan fingerprint density at radius 3 is 0.750 bits per heavy atom. The van der Waals surface area contributed by atoms with Gasteiger partial charge in [-0.15, -0.1) is 0 Å². The van der Waals surface area contributed by atoms with Crippen molar-refractivity contribution in [2.45, 2.75) is 0 Å². The molecular formula is LiS2Ti+. The molecule has 0 fully saturated rings. The molecule has 0 aromatic rings. The van der Waals surface area contributed by atoms with Gasteiger partial charge in [-0.05, 0) is 0 Å². The van der Waals surface area contributed by atoms with Gasteiger partial charge in [0.25, 0.3) is 0 Å². The van der Waals surface area contributed by atoms with Gasteiger partial charge in [-0.25, -0.2) is 0 Å². The molecule has 0 heterocycles. The molecule has 0 saturated heterocycles. The predicted molar refractivity (Wildman–Crippen MR) is 14.7 cm³/mol. The summed E-state index contributed by atoms with van der Waals surface area (Å²) in [5.41, 5.74) is 0. The molecule has 0 bridgehead atoms. The van der Waals surface area contributed by atoms with E-state index in [0.29, 0.717) is 0 Å². The minimum absolute atomic E-state index is 0.